The zero-order valence-electron chi connectivity index (χ0n) is 20.2. The molecule has 0 fully saturated rings. The molecule has 2 heterocycles. The number of carbonyl (C=O) groups excluding carboxylic acids is 2. The fraction of sp³-hybridized carbons (Fsp3) is 0.241. The van der Waals surface area contributed by atoms with Crippen molar-refractivity contribution in [1.29, 1.82) is 0 Å². The van der Waals surface area contributed by atoms with Crippen LogP contribution in [0, 0.1) is 0 Å². The summed E-state index contributed by atoms with van der Waals surface area (Å²) in [5, 5.41) is 1.03. The van der Waals surface area contributed by atoms with Crippen molar-refractivity contribution in [3.63, 3.8) is 0 Å². The lowest BCUT2D eigenvalue weighted by Crippen LogP contribution is -2.42. The topological polar surface area (TPSA) is 65.6 Å². The van der Waals surface area contributed by atoms with Crippen LogP contribution in [0.4, 0.5) is 0 Å². The predicted octanol–water partition coefficient (Wildman–Crippen LogP) is 5.26. The number of ether oxygens (including phenoxy) is 1. The molecule has 1 atom stereocenters. The zero-order valence-corrected chi connectivity index (χ0v) is 20.2. The number of benzene rings is 3. The molecular formula is C29H29N3O3. The van der Waals surface area contributed by atoms with E-state index in [0.29, 0.717) is 18.7 Å². The molecule has 6 heteroatoms. The number of H-pyrrole nitrogens is 1. The smallest absolute Gasteiger partial charge is 0.255 e. The van der Waals surface area contributed by atoms with E-state index < -0.39 is 6.04 Å². The van der Waals surface area contributed by atoms with Crippen molar-refractivity contribution >= 4 is 22.7 Å². The number of rotatable bonds is 7. The van der Waals surface area contributed by atoms with Crippen LogP contribution in [0.3, 0.4) is 0 Å². The summed E-state index contributed by atoms with van der Waals surface area (Å²) >= 11 is 0. The first kappa shape index (κ1) is 22.7. The summed E-state index contributed by atoms with van der Waals surface area (Å²) in [6.07, 6.45) is 0. The molecule has 0 saturated carbocycles. The second-order valence-electron chi connectivity index (χ2n) is 8.68. The molecule has 178 valence electrons. The third-order valence-electron chi connectivity index (χ3n) is 6.86. The second kappa shape index (κ2) is 9.29. The minimum Gasteiger partial charge on any atom is -0.497 e. The minimum absolute atomic E-state index is 0.0247. The normalized spacial score (nSPS) is 14.9. The van der Waals surface area contributed by atoms with Crippen LogP contribution in [-0.4, -0.2) is 53.3 Å². The first-order chi connectivity index (χ1) is 17.1. The molecule has 0 radical (unpaired) electrons. The maximum absolute atomic E-state index is 13.6. The quantitative estimate of drug-likeness (QED) is 0.403. The van der Waals surface area contributed by atoms with Crippen LogP contribution >= 0.6 is 0 Å². The van der Waals surface area contributed by atoms with E-state index in [1.165, 1.54) is 0 Å². The molecule has 1 aliphatic rings. The largest absolute Gasteiger partial charge is 0.497 e. The number of para-hydroxylation sites is 1. The summed E-state index contributed by atoms with van der Waals surface area (Å²) in [6.45, 7) is 5.16. The number of hydrogen-bond donors (Lipinski definition) is 1. The summed E-state index contributed by atoms with van der Waals surface area (Å²) in [7, 11) is 1.65. The van der Waals surface area contributed by atoms with Crippen molar-refractivity contribution in [2.75, 3.05) is 26.7 Å². The number of fused-ring (bicyclic) bond motifs is 2. The van der Waals surface area contributed by atoms with Gasteiger partial charge in [0.1, 0.15) is 12.3 Å². The number of hydrogen-bond acceptors (Lipinski definition) is 3. The van der Waals surface area contributed by atoms with Gasteiger partial charge in [0.15, 0.2) is 0 Å². The number of nitrogens with one attached hydrogen (secondary N) is 1. The number of aromatic nitrogens is 1. The lowest BCUT2D eigenvalue weighted by molar-refractivity contribution is -0.131. The molecule has 0 aliphatic carbocycles. The van der Waals surface area contributed by atoms with E-state index in [0.717, 1.165) is 39.0 Å². The van der Waals surface area contributed by atoms with E-state index in [1.807, 2.05) is 80.6 Å². The fourth-order valence-corrected chi connectivity index (χ4v) is 5.12. The number of amides is 2. The highest BCUT2D eigenvalue weighted by molar-refractivity contribution is 6.03. The van der Waals surface area contributed by atoms with Gasteiger partial charge in [0.05, 0.1) is 18.8 Å². The van der Waals surface area contributed by atoms with Gasteiger partial charge in [-0.05, 0) is 43.7 Å². The van der Waals surface area contributed by atoms with Crippen LogP contribution in [0.2, 0.25) is 0 Å². The average molecular weight is 468 g/mol. The van der Waals surface area contributed by atoms with Gasteiger partial charge in [-0.2, -0.15) is 0 Å². The lowest BCUT2D eigenvalue weighted by Gasteiger charge is -2.29. The highest BCUT2D eigenvalue weighted by Gasteiger charge is 2.41. The summed E-state index contributed by atoms with van der Waals surface area (Å²) < 4.78 is 5.49. The molecule has 4 aromatic rings. The summed E-state index contributed by atoms with van der Waals surface area (Å²) in [5.41, 5.74) is 5.40. The second-order valence-corrected chi connectivity index (χ2v) is 8.68. The molecule has 0 bridgehead atoms. The maximum atomic E-state index is 13.6. The summed E-state index contributed by atoms with van der Waals surface area (Å²) in [5.74, 6) is 0.584. The van der Waals surface area contributed by atoms with Crippen LogP contribution in [-0.2, 0) is 4.79 Å². The van der Waals surface area contributed by atoms with Crippen LogP contribution in [0.25, 0.3) is 22.2 Å². The molecule has 3 aromatic carbocycles. The van der Waals surface area contributed by atoms with Gasteiger partial charge >= 0.3 is 0 Å². The number of likely N-dealkylation sites (N-methyl/N-ethyl adjacent to an activating group) is 1. The molecule has 1 aliphatic heterocycles. The van der Waals surface area contributed by atoms with Crippen molar-refractivity contribution in [3.05, 3.63) is 89.5 Å². The highest BCUT2D eigenvalue weighted by Crippen LogP contribution is 2.45. The van der Waals surface area contributed by atoms with Gasteiger partial charge in [0, 0.05) is 40.7 Å². The van der Waals surface area contributed by atoms with Crippen molar-refractivity contribution < 1.29 is 14.3 Å². The van der Waals surface area contributed by atoms with Crippen LogP contribution < -0.4 is 4.74 Å². The molecule has 6 nitrogen and oxygen atoms in total. The Hall–Kier alpha value is -4.06. The molecule has 0 saturated heterocycles. The Morgan fingerprint density at radius 2 is 1.74 bits per heavy atom. The summed E-state index contributed by atoms with van der Waals surface area (Å²) in [4.78, 5) is 33.9. The van der Waals surface area contributed by atoms with Crippen molar-refractivity contribution in [1.82, 2.24) is 14.8 Å². The number of methoxy groups -OCH3 is 1. The van der Waals surface area contributed by atoms with Gasteiger partial charge in [-0.25, -0.2) is 0 Å². The fourth-order valence-electron chi connectivity index (χ4n) is 5.12. The van der Waals surface area contributed by atoms with E-state index in [1.54, 1.807) is 16.9 Å². The Kier molecular flexibility index (Phi) is 6.03. The SMILES string of the molecule is CCN(CC)C(=O)CN1C(=O)c2ccccc2[C@H]1c1c(-c2cccc(OC)c2)[nH]c2ccccc12. The van der Waals surface area contributed by atoms with Crippen LogP contribution in [0.15, 0.2) is 72.8 Å². The highest BCUT2D eigenvalue weighted by atomic mass is 16.5. The van der Waals surface area contributed by atoms with Gasteiger partial charge in [0.2, 0.25) is 5.91 Å². The van der Waals surface area contributed by atoms with Gasteiger partial charge in [-0.3, -0.25) is 9.59 Å². The first-order valence-corrected chi connectivity index (χ1v) is 12.0. The zero-order chi connectivity index (χ0) is 24.5. The van der Waals surface area contributed by atoms with E-state index >= 15 is 0 Å². The van der Waals surface area contributed by atoms with Crippen LogP contribution in [0.5, 0.6) is 5.75 Å². The number of carbonyl (C=O) groups is 2. The average Bonchev–Trinajstić information content (AvgIpc) is 3.40. The molecule has 1 aromatic heterocycles. The molecule has 35 heavy (non-hydrogen) atoms. The van der Waals surface area contributed by atoms with Crippen LogP contribution in [0.1, 0.15) is 41.4 Å². The molecule has 1 N–H and O–H groups in total. The minimum atomic E-state index is -0.393. The Balaban J connectivity index is 1.73. The number of aromatic amines is 1. The summed E-state index contributed by atoms with van der Waals surface area (Å²) in [6, 6.07) is 23.3. The third-order valence-corrected chi connectivity index (χ3v) is 6.86. The van der Waals surface area contributed by atoms with Crippen molar-refractivity contribution in [2.24, 2.45) is 0 Å². The Morgan fingerprint density at radius 1 is 1.00 bits per heavy atom. The van der Waals surface area contributed by atoms with Crippen molar-refractivity contribution in [2.45, 2.75) is 19.9 Å². The third kappa shape index (κ3) is 3.85. The molecule has 2 amide bonds. The molecule has 0 unspecified atom stereocenters. The Labute approximate surface area is 205 Å². The van der Waals surface area contributed by atoms with E-state index in [9.17, 15) is 9.59 Å². The Morgan fingerprint density at radius 3 is 2.51 bits per heavy atom. The van der Waals surface area contributed by atoms with Gasteiger partial charge in [-0.1, -0.05) is 48.5 Å². The molecular weight excluding hydrogens is 438 g/mol. The monoisotopic (exact) mass is 467 g/mol. The lowest BCUT2D eigenvalue weighted by atomic mass is 9.93. The molecule has 0 spiro atoms. The Bertz CT molecular complexity index is 1400. The van der Waals surface area contributed by atoms with Gasteiger partial charge in [0.25, 0.3) is 5.91 Å². The van der Waals surface area contributed by atoms with E-state index in [4.69, 9.17) is 4.74 Å². The standard InChI is InChI=1S/C29H29N3O3/c1-4-31(5-2)25(33)18-32-28(21-13-6-7-14-22(21)29(32)34)26-23-15-8-9-16-24(23)30-27(26)19-11-10-12-20(17-19)35-3/h6-17,28,30H,4-5,18H2,1-3H3/t28-/m0/s1. The molecule has 5 rings (SSSR count). The van der Waals surface area contributed by atoms with E-state index in [2.05, 4.69) is 11.1 Å². The first-order valence-electron chi connectivity index (χ1n) is 12.0. The van der Waals surface area contributed by atoms with Crippen molar-refractivity contribution in [3.8, 4) is 17.0 Å². The predicted molar refractivity (Wildman–Crippen MR) is 138 cm³/mol. The van der Waals surface area contributed by atoms with E-state index in [-0.39, 0.29) is 18.4 Å². The van der Waals surface area contributed by atoms with Gasteiger partial charge < -0.3 is 19.5 Å². The van der Waals surface area contributed by atoms with Gasteiger partial charge in [-0.15, -0.1) is 0 Å². The number of nitrogens with zero attached hydrogens (tertiary/aromatic N) is 2. The maximum Gasteiger partial charge on any atom is 0.255 e.